The van der Waals surface area contributed by atoms with E-state index in [0.29, 0.717) is 58.1 Å². The van der Waals surface area contributed by atoms with E-state index in [-0.39, 0.29) is 37.5 Å². The molecule has 6 atom stereocenters. The zero-order valence-corrected chi connectivity index (χ0v) is 29.6. The number of aryl methyl sites for hydroxylation is 1. The Bertz CT molecular complexity index is 1900. The first-order valence-electron chi connectivity index (χ1n) is 17.2. The molecule has 3 aromatic rings. The summed E-state index contributed by atoms with van der Waals surface area (Å²) in [7, 11) is 3.47. The number of phenolic OH excluding ortho intramolecular Hbond substituents is 1. The van der Waals surface area contributed by atoms with Crippen LogP contribution < -0.4 is 29.6 Å². The molecule has 3 aromatic carbocycles. The normalized spacial score (nSPS) is 23.7. The molecule has 0 aliphatic carbocycles. The summed E-state index contributed by atoms with van der Waals surface area (Å²) in [5.74, 6) is 0.494. The fourth-order valence-electron chi connectivity index (χ4n) is 8.61. The van der Waals surface area contributed by atoms with E-state index >= 15 is 0 Å². The summed E-state index contributed by atoms with van der Waals surface area (Å²) < 4.78 is 23.5. The SMILES string of the molecule is COc1c(C)cc2c(c1O)[C@@H]1C3Cc4c(OC(C)=O)c(C)c5c(c4[C@H](CNC(=O)[C@H](C)NC(=O)Cc4ccccc4)N3[C@@H](O)[C@H](C2)N1C)OCO5. The summed E-state index contributed by atoms with van der Waals surface area (Å²) in [6.45, 7) is 6.63. The van der Waals surface area contributed by atoms with Crippen LogP contribution in [0, 0.1) is 13.8 Å². The van der Waals surface area contributed by atoms with Gasteiger partial charge in [-0.15, -0.1) is 0 Å². The number of piperazine rings is 1. The van der Waals surface area contributed by atoms with E-state index in [1.807, 2.05) is 62.2 Å². The number of phenols is 1. The average Bonchev–Trinajstić information content (AvgIpc) is 3.58. The Kier molecular flexibility index (Phi) is 9.06. The Labute approximate surface area is 296 Å². The fraction of sp³-hybridized carbons (Fsp3) is 0.447. The van der Waals surface area contributed by atoms with Crippen LogP contribution in [0.2, 0.25) is 0 Å². The summed E-state index contributed by atoms with van der Waals surface area (Å²) in [5.41, 5.74) is 5.21. The molecule has 2 bridgehead atoms. The predicted molar refractivity (Wildman–Crippen MR) is 185 cm³/mol. The maximum Gasteiger partial charge on any atom is 0.308 e. The minimum atomic E-state index is -0.997. The van der Waals surface area contributed by atoms with Crippen molar-refractivity contribution >= 4 is 17.8 Å². The number of amides is 2. The molecule has 1 fully saturated rings. The third kappa shape index (κ3) is 5.82. The number of hydrogen-bond donors (Lipinski definition) is 4. The van der Waals surface area contributed by atoms with Crippen LogP contribution in [0.1, 0.15) is 64.9 Å². The third-order valence-corrected chi connectivity index (χ3v) is 10.8. The number of rotatable bonds is 8. The monoisotopic (exact) mass is 700 g/mol. The zero-order chi connectivity index (χ0) is 36.3. The lowest BCUT2D eigenvalue weighted by Gasteiger charge is -2.60. The number of ether oxygens (including phenoxy) is 4. The van der Waals surface area contributed by atoms with Crippen molar-refractivity contribution in [3.63, 3.8) is 0 Å². The number of benzene rings is 3. The molecule has 4 aliphatic rings. The Morgan fingerprint density at radius 2 is 1.76 bits per heavy atom. The quantitative estimate of drug-likeness (QED) is 0.202. The zero-order valence-electron chi connectivity index (χ0n) is 29.6. The number of aliphatic hydroxyl groups excluding tert-OH is 1. The molecule has 51 heavy (non-hydrogen) atoms. The van der Waals surface area contributed by atoms with Crippen LogP contribution in [-0.4, -0.2) is 89.6 Å². The molecule has 1 unspecified atom stereocenters. The van der Waals surface area contributed by atoms with Crippen molar-refractivity contribution in [1.82, 2.24) is 20.4 Å². The number of aliphatic hydroxyl groups is 1. The van der Waals surface area contributed by atoms with Crippen LogP contribution in [0.4, 0.5) is 0 Å². The molecule has 1 saturated heterocycles. The lowest BCUT2D eigenvalue weighted by molar-refractivity contribution is -0.172. The first-order valence-corrected chi connectivity index (χ1v) is 17.2. The number of carbonyl (C=O) groups is 3. The molecule has 0 aromatic heterocycles. The van der Waals surface area contributed by atoms with Crippen molar-refractivity contribution in [2.75, 3.05) is 27.5 Å². The standard InChI is InChI=1S/C38H44N4O9/c1-18-12-23-14-26-38(47)42-25(31(41(26)5)29(23)32(45)33(18)48-6)15-24-30(36-35(49-17-50-36)19(2)34(24)51-21(4)43)27(42)16-39-37(46)20(3)40-28(44)13-22-10-8-7-9-11-22/h7-12,20,25-27,31,38,45,47H,13-17H2,1-6H3,(H,39,46)(H,40,44)/t20-,25?,26-,27-,31-,38-/m0/s1. The average molecular weight is 701 g/mol. The predicted octanol–water partition coefficient (Wildman–Crippen LogP) is 2.73. The minimum absolute atomic E-state index is 0.0237. The Morgan fingerprint density at radius 3 is 2.47 bits per heavy atom. The molecule has 7 rings (SSSR count). The van der Waals surface area contributed by atoms with Gasteiger partial charge in [-0.3, -0.25) is 24.2 Å². The highest BCUT2D eigenvalue weighted by Gasteiger charge is 2.56. The second-order valence-electron chi connectivity index (χ2n) is 13.9. The van der Waals surface area contributed by atoms with Crippen molar-refractivity contribution in [2.24, 2.45) is 0 Å². The molecule has 0 spiro atoms. The van der Waals surface area contributed by atoms with Gasteiger partial charge in [-0.1, -0.05) is 36.4 Å². The van der Waals surface area contributed by atoms with Crippen LogP contribution >= 0.6 is 0 Å². The summed E-state index contributed by atoms with van der Waals surface area (Å²) in [6, 6.07) is 8.55. The highest BCUT2D eigenvalue weighted by molar-refractivity contribution is 5.88. The summed E-state index contributed by atoms with van der Waals surface area (Å²) in [5, 5.41) is 29.8. The summed E-state index contributed by atoms with van der Waals surface area (Å²) in [4.78, 5) is 43.0. The van der Waals surface area contributed by atoms with E-state index < -0.39 is 42.3 Å². The molecule has 13 nitrogen and oxygen atoms in total. The molecule has 270 valence electrons. The van der Waals surface area contributed by atoms with Crippen molar-refractivity contribution in [3.05, 3.63) is 75.3 Å². The highest BCUT2D eigenvalue weighted by atomic mass is 16.7. The van der Waals surface area contributed by atoms with Gasteiger partial charge in [0.25, 0.3) is 0 Å². The van der Waals surface area contributed by atoms with Crippen LogP contribution in [0.25, 0.3) is 0 Å². The van der Waals surface area contributed by atoms with Gasteiger partial charge in [-0.25, -0.2) is 0 Å². The van der Waals surface area contributed by atoms with Gasteiger partial charge in [0.1, 0.15) is 18.0 Å². The topological polar surface area (TPSA) is 159 Å². The van der Waals surface area contributed by atoms with Crippen molar-refractivity contribution in [3.8, 4) is 28.7 Å². The number of carbonyl (C=O) groups excluding carboxylic acids is 3. The van der Waals surface area contributed by atoms with E-state index in [4.69, 9.17) is 18.9 Å². The molecular formula is C38H44N4O9. The van der Waals surface area contributed by atoms with Crippen molar-refractivity contribution in [1.29, 1.82) is 0 Å². The van der Waals surface area contributed by atoms with Gasteiger partial charge in [0.15, 0.2) is 23.0 Å². The lowest BCUT2D eigenvalue weighted by atomic mass is 9.73. The van der Waals surface area contributed by atoms with E-state index in [1.165, 1.54) is 14.0 Å². The Morgan fingerprint density at radius 1 is 1.04 bits per heavy atom. The third-order valence-electron chi connectivity index (χ3n) is 10.8. The number of hydrogen-bond acceptors (Lipinski definition) is 11. The van der Waals surface area contributed by atoms with Crippen molar-refractivity contribution < 1.29 is 43.5 Å². The van der Waals surface area contributed by atoms with Crippen molar-refractivity contribution in [2.45, 2.75) is 83.4 Å². The number of nitrogens with one attached hydrogen (secondary N) is 2. The smallest absolute Gasteiger partial charge is 0.308 e. The first kappa shape index (κ1) is 34.6. The number of methoxy groups -OCH3 is 1. The maximum atomic E-state index is 13.6. The van der Waals surface area contributed by atoms with Gasteiger partial charge in [0.05, 0.1) is 31.7 Å². The number of esters is 1. The van der Waals surface area contributed by atoms with E-state index in [0.717, 1.165) is 16.7 Å². The molecule has 2 amide bonds. The minimum Gasteiger partial charge on any atom is -0.504 e. The summed E-state index contributed by atoms with van der Waals surface area (Å²) in [6.07, 6.45) is -0.0818. The van der Waals surface area contributed by atoms with Crippen LogP contribution in [0.15, 0.2) is 36.4 Å². The van der Waals surface area contributed by atoms with Gasteiger partial charge < -0.3 is 39.8 Å². The van der Waals surface area contributed by atoms with Gasteiger partial charge in [-0.2, -0.15) is 0 Å². The fourth-order valence-corrected chi connectivity index (χ4v) is 8.61. The van der Waals surface area contributed by atoms with E-state index in [1.54, 1.807) is 6.92 Å². The second kappa shape index (κ2) is 13.4. The van der Waals surface area contributed by atoms with Gasteiger partial charge in [-0.05, 0) is 57.4 Å². The van der Waals surface area contributed by atoms with E-state index in [9.17, 15) is 24.6 Å². The number of nitrogens with zero attached hydrogens (tertiary/aromatic N) is 2. The second-order valence-corrected chi connectivity index (χ2v) is 13.9. The van der Waals surface area contributed by atoms with Crippen LogP contribution in [0.5, 0.6) is 28.7 Å². The molecule has 0 radical (unpaired) electrons. The molecule has 4 aliphatic heterocycles. The Balaban J connectivity index is 1.29. The van der Waals surface area contributed by atoms with Crippen LogP contribution in [0.3, 0.4) is 0 Å². The first-order chi connectivity index (χ1) is 24.4. The highest BCUT2D eigenvalue weighted by Crippen LogP contribution is 2.58. The molecule has 4 N–H and O–H groups in total. The van der Waals surface area contributed by atoms with Crippen LogP contribution in [-0.2, 0) is 33.6 Å². The van der Waals surface area contributed by atoms with Gasteiger partial charge >= 0.3 is 5.97 Å². The number of fused-ring (bicyclic) bond motifs is 9. The molecule has 4 heterocycles. The van der Waals surface area contributed by atoms with Gasteiger partial charge in [0, 0.05) is 41.8 Å². The molecule has 13 heteroatoms. The maximum absolute atomic E-state index is 13.6. The Hall–Kier alpha value is -4.85. The van der Waals surface area contributed by atoms with Gasteiger partial charge in [0.2, 0.25) is 18.6 Å². The van der Waals surface area contributed by atoms with E-state index in [2.05, 4.69) is 15.5 Å². The number of aromatic hydroxyl groups is 1. The molecular weight excluding hydrogens is 656 g/mol. The summed E-state index contributed by atoms with van der Waals surface area (Å²) >= 11 is 0. The number of likely N-dealkylation sites (N-methyl/N-ethyl adjacent to an activating group) is 1. The molecule has 0 saturated carbocycles. The largest absolute Gasteiger partial charge is 0.504 e. The lowest BCUT2D eigenvalue weighted by Crippen LogP contribution is -2.69.